The number of rotatable bonds is 4. The highest BCUT2D eigenvalue weighted by molar-refractivity contribution is 6.18. The van der Waals surface area contributed by atoms with Gasteiger partial charge in [-0.05, 0) is 55.2 Å². The molecule has 17 heavy (non-hydrogen) atoms. The van der Waals surface area contributed by atoms with Gasteiger partial charge in [0.2, 0.25) is 0 Å². The third-order valence-corrected chi connectivity index (χ3v) is 4.73. The third kappa shape index (κ3) is 3.25. The number of hydrogen-bond donors (Lipinski definition) is 0. The molecular formula is C16H25Cl. The second-order valence-electron chi connectivity index (χ2n) is 6.00. The molecule has 0 radical (unpaired) electrons. The Hall–Kier alpha value is -0.490. The predicted octanol–water partition coefficient (Wildman–Crippen LogP) is 5.06. The number of benzene rings is 1. The highest BCUT2D eigenvalue weighted by atomic mass is 35.5. The number of alkyl halides is 1. The van der Waals surface area contributed by atoms with Gasteiger partial charge in [0.25, 0.3) is 0 Å². The van der Waals surface area contributed by atoms with E-state index < -0.39 is 0 Å². The molecule has 0 aliphatic rings. The second kappa shape index (κ2) is 5.44. The summed E-state index contributed by atoms with van der Waals surface area (Å²) in [5.41, 5.74) is 5.82. The van der Waals surface area contributed by atoms with Crippen molar-refractivity contribution in [2.45, 2.75) is 48.0 Å². The van der Waals surface area contributed by atoms with E-state index in [2.05, 4.69) is 53.7 Å². The topological polar surface area (TPSA) is 0 Å². The van der Waals surface area contributed by atoms with Crippen molar-refractivity contribution in [2.24, 2.45) is 11.3 Å². The fraction of sp³-hybridized carbons (Fsp3) is 0.625. The Morgan fingerprint density at radius 3 is 1.94 bits per heavy atom. The van der Waals surface area contributed by atoms with Crippen LogP contribution >= 0.6 is 11.6 Å². The maximum atomic E-state index is 6.19. The summed E-state index contributed by atoms with van der Waals surface area (Å²) < 4.78 is 0. The monoisotopic (exact) mass is 252 g/mol. The van der Waals surface area contributed by atoms with E-state index in [0.29, 0.717) is 5.92 Å². The minimum Gasteiger partial charge on any atom is -0.126 e. The van der Waals surface area contributed by atoms with Gasteiger partial charge in [-0.25, -0.2) is 0 Å². The molecule has 1 aromatic rings. The van der Waals surface area contributed by atoms with Crippen LogP contribution in [0.5, 0.6) is 0 Å². The zero-order valence-electron chi connectivity index (χ0n) is 12.0. The summed E-state index contributed by atoms with van der Waals surface area (Å²) in [7, 11) is 0. The van der Waals surface area contributed by atoms with Gasteiger partial charge in [-0.1, -0.05) is 38.5 Å². The molecular weight excluding hydrogens is 228 g/mol. The summed E-state index contributed by atoms with van der Waals surface area (Å²) in [6, 6.07) is 4.55. The normalized spacial score (nSPS) is 15.1. The molecule has 1 rings (SSSR count). The lowest BCUT2D eigenvalue weighted by Gasteiger charge is -2.33. The lowest BCUT2D eigenvalue weighted by atomic mass is 9.74. The van der Waals surface area contributed by atoms with Gasteiger partial charge in [0.15, 0.2) is 0 Å². The molecule has 0 saturated heterocycles. The van der Waals surface area contributed by atoms with Gasteiger partial charge in [0.1, 0.15) is 0 Å². The van der Waals surface area contributed by atoms with Gasteiger partial charge in [-0.3, -0.25) is 0 Å². The zero-order valence-corrected chi connectivity index (χ0v) is 12.8. The Bertz CT molecular complexity index is 370. The average Bonchev–Trinajstić information content (AvgIpc) is 2.22. The highest BCUT2D eigenvalue weighted by Gasteiger charge is 2.28. The molecule has 0 aliphatic carbocycles. The van der Waals surface area contributed by atoms with Crippen LogP contribution in [-0.2, 0) is 6.42 Å². The number of hydrogen-bond acceptors (Lipinski definition) is 0. The van der Waals surface area contributed by atoms with E-state index in [-0.39, 0.29) is 5.41 Å². The molecule has 0 N–H and O–H groups in total. The Morgan fingerprint density at radius 2 is 1.59 bits per heavy atom. The average molecular weight is 253 g/mol. The maximum Gasteiger partial charge on any atom is 0.0282 e. The largest absolute Gasteiger partial charge is 0.126 e. The molecule has 0 heterocycles. The van der Waals surface area contributed by atoms with Gasteiger partial charge in [0.05, 0.1) is 0 Å². The molecule has 0 spiro atoms. The standard InChI is InChI=1S/C16H25Cl/c1-11(2)16(6,10-17)9-15-13(4)7-12(3)8-14(15)5/h7-8,11H,9-10H2,1-6H3. The van der Waals surface area contributed by atoms with Crippen molar-refractivity contribution >= 4 is 11.6 Å². The molecule has 0 saturated carbocycles. The van der Waals surface area contributed by atoms with Gasteiger partial charge in [-0.15, -0.1) is 11.6 Å². The SMILES string of the molecule is Cc1cc(C)c(CC(C)(CCl)C(C)C)c(C)c1. The molecule has 1 unspecified atom stereocenters. The van der Waals surface area contributed by atoms with Crippen molar-refractivity contribution in [2.75, 3.05) is 5.88 Å². The van der Waals surface area contributed by atoms with Crippen LogP contribution in [0.15, 0.2) is 12.1 Å². The van der Waals surface area contributed by atoms with Crippen LogP contribution in [0.2, 0.25) is 0 Å². The first-order valence-electron chi connectivity index (χ1n) is 6.43. The van der Waals surface area contributed by atoms with Crippen LogP contribution < -0.4 is 0 Å². The van der Waals surface area contributed by atoms with Crippen molar-refractivity contribution in [1.29, 1.82) is 0 Å². The second-order valence-corrected chi connectivity index (χ2v) is 6.26. The van der Waals surface area contributed by atoms with Gasteiger partial charge < -0.3 is 0 Å². The lowest BCUT2D eigenvalue weighted by molar-refractivity contribution is 0.252. The van der Waals surface area contributed by atoms with Crippen LogP contribution in [0.25, 0.3) is 0 Å². The van der Waals surface area contributed by atoms with Crippen LogP contribution in [0.3, 0.4) is 0 Å². The van der Waals surface area contributed by atoms with E-state index in [0.717, 1.165) is 12.3 Å². The van der Waals surface area contributed by atoms with E-state index in [9.17, 15) is 0 Å². The Morgan fingerprint density at radius 1 is 1.12 bits per heavy atom. The summed E-state index contributed by atoms with van der Waals surface area (Å²) in [4.78, 5) is 0. The summed E-state index contributed by atoms with van der Waals surface area (Å²) in [6.45, 7) is 13.4. The molecule has 0 nitrogen and oxygen atoms in total. The Kier molecular flexibility index (Phi) is 4.66. The first kappa shape index (κ1) is 14.6. The van der Waals surface area contributed by atoms with Gasteiger partial charge in [-0.2, -0.15) is 0 Å². The quantitative estimate of drug-likeness (QED) is 0.658. The van der Waals surface area contributed by atoms with Crippen molar-refractivity contribution in [3.05, 3.63) is 34.4 Å². The summed E-state index contributed by atoms with van der Waals surface area (Å²) >= 11 is 6.19. The Balaban J connectivity index is 3.10. The molecule has 0 aliphatic heterocycles. The fourth-order valence-electron chi connectivity index (χ4n) is 2.30. The van der Waals surface area contributed by atoms with E-state index in [4.69, 9.17) is 11.6 Å². The van der Waals surface area contributed by atoms with Crippen molar-refractivity contribution in [3.8, 4) is 0 Å². The minimum absolute atomic E-state index is 0.187. The van der Waals surface area contributed by atoms with Crippen LogP contribution in [0.1, 0.15) is 43.0 Å². The summed E-state index contributed by atoms with van der Waals surface area (Å²) in [5, 5.41) is 0. The summed E-state index contributed by atoms with van der Waals surface area (Å²) in [6.07, 6.45) is 1.08. The lowest BCUT2D eigenvalue weighted by Crippen LogP contribution is -2.29. The van der Waals surface area contributed by atoms with Crippen LogP contribution in [0.4, 0.5) is 0 Å². The molecule has 96 valence electrons. The molecule has 0 amide bonds. The maximum absolute atomic E-state index is 6.19. The van der Waals surface area contributed by atoms with Gasteiger partial charge >= 0.3 is 0 Å². The van der Waals surface area contributed by atoms with E-state index in [1.165, 1.54) is 22.3 Å². The van der Waals surface area contributed by atoms with Crippen LogP contribution in [-0.4, -0.2) is 5.88 Å². The minimum atomic E-state index is 0.187. The predicted molar refractivity (Wildman–Crippen MR) is 78.0 cm³/mol. The van der Waals surface area contributed by atoms with E-state index in [1.807, 2.05) is 0 Å². The van der Waals surface area contributed by atoms with E-state index in [1.54, 1.807) is 0 Å². The molecule has 1 heteroatoms. The van der Waals surface area contributed by atoms with Gasteiger partial charge in [0, 0.05) is 5.88 Å². The molecule has 1 aromatic carbocycles. The smallest absolute Gasteiger partial charge is 0.0282 e. The molecule has 1 atom stereocenters. The Labute approximate surface area is 111 Å². The summed E-state index contributed by atoms with van der Waals surface area (Å²) in [5.74, 6) is 1.32. The first-order valence-corrected chi connectivity index (χ1v) is 6.96. The van der Waals surface area contributed by atoms with Crippen molar-refractivity contribution < 1.29 is 0 Å². The van der Waals surface area contributed by atoms with Crippen molar-refractivity contribution in [3.63, 3.8) is 0 Å². The van der Waals surface area contributed by atoms with Crippen LogP contribution in [0, 0.1) is 32.1 Å². The zero-order chi connectivity index (χ0) is 13.2. The molecule has 0 aromatic heterocycles. The third-order valence-electron chi connectivity index (χ3n) is 4.12. The number of halogens is 1. The molecule has 0 fully saturated rings. The molecule has 0 bridgehead atoms. The fourth-order valence-corrected chi connectivity index (χ4v) is 2.70. The number of aryl methyl sites for hydroxylation is 3. The highest BCUT2D eigenvalue weighted by Crippen LogP contribution is 2.34. The first-order chi connectivity index (χ1) is 7.80. The van der Waals surface area contributed by atoms with Crippen molar-refractivity contribution in [1.82, 2.24) is 0 Å². The van der Waals surface area contributed by atoms with E-state index >= 15 is 0 Å².